The molecule has 0 amide bonds. The van der Waals surface area contributed by atoms with E-state index in [1.807, 2.05) is 0 Å². The van der Waals surface area contributed by atoms with Gasteiger partial charge in [0.2, 0.25) is 0 Å². The van der Waals surface area contributed by atoms with Crippen LogP contribution in [0.15, 0.2) is 48.5 Å². The minimum absolute atomic E-state index is 0.0162. The molecule has 0 spiro atoms. The Morgan fingerprint density at radius 2 is 1.32 bits per heavy atom. The van der Waals surface area contributed by atoms with Crippen molar-refractivity contribution in [3.63, 3.8) is 0 Å². The zero-order valence-electron chi connectivity index (χ0n) is 25.9. The maximum Gasteiger partial charge on any atom is 0.171 e. The molecule has 2 unspecified atom stereocenters. The standard InChI is InChI=1S/C33H52O3Si2/c1-12-26(20-21-34)27-15-13-14-24(22-27)16-17-25-18-19-28(30(32(2,3)4)35-37(8)9)29(23-25)31(33(5,6)7)36-38(10)11/h13-15,18-23,30-31,37-38H,12,16-17H2,1-11H3. The molecule has 38 heavy (non-hydrogen) atoms. The zero-order valence-corrected chi connectivity index (χ0v) is 28.2. The van der Waals surface area contributed by atoms with Crippen molar-refractivity contribution in [2.24, 2.45) is 10.8 Å². The molecule has 0 aliphatic carbocycles. The fourth-order valence-electron chi connectivity index (χ4n) is 4.99. The van der Waals surface area contributed by atoms with Gasteiger partial charge in [-0.05, 0) is 95.7 Å². The third-order valence-electron chi connectivity index (χ3n) is 6.76. The number of hydrogen-bond donors (Lipinski definition) is 0. The van der Waals surface area contributed by atoms with Gasteiger partial charge in [0.1, 0.15) is 6.29 Å². The lowest BCUT2D eigenvalue weighted by molar-refractivity contribution is -0.104. The Bertz CT molecular complexity index is 1070. The molecular weight excluding hydrogens is 501 g/mol. The van der Waals surface area contributed by atoms with Crippen molar-refractivity contribution in [3.8, 4) is 0 Å². The summed E-state index contributed by atoms with van der Waals surface area (Å²) < 4.78 is 13.5. The summed E-state index contributed by atoms with van der Waals surface area (Å²) in [6, 6.07) is 15.6. The highest BCUT2D eigenvalue weighted by Gasteiger charge is 2.35. The largest absolute Gasteiger partial charge is 0.413 e. The van der Waals surface area contributed by atoms with Gasteiger partial charge in [-0.15, -0.1) is 0 Å². The van der Waals surface area contributed by atoms with Gasteiger partial charge in [-0.3, -0.25) is 4.79 Å². The first-order chi connectivity index (χ1) is 17.7. The number of benzene rings is 2. The van der Waals surface area contributed by atoms with E-state index in [4.69, 9.17) is 8.85 Å². The fraction of sp³-hybridized carbons (Fsp3) is 0.545. The lowest BCUT2D eigenvalue weighted by Gasteiger charge is -2.39. The summed E-state index contributed by atoms with van der Waals surface area (Å²) in [5.41, 5.74) is 7.37. The number of rotatable bonds is 12. The number of allylic oxidation sites excluding steroid dienone is 2. The summed E-state index contributed by atoms with van der Waals surface area (Å²) in [5, 5.41) is 0. The van der Waals surface area contributed by atoms with Crippen LogP contribution in [0.5, 0.6) is 0 Å². The average Bonchev–Trinajstić information content (AvgIpc) is 2.81. The first-order valence-electron chi connectivity index (χ1n) is 14.3. The molecule has 0 radical (unpaired) electrons. The van der Waals surface area contributed by atoms with E-state index in [1.165, 1.54) is 22.3 Å². The first-order valence-corrected chi connectivity index (χ1v) is 19.9. The summed E-state index contributed by atoms with van der Waals surface area (Å²) >= 11 is 0. The van der Waals surface area contributed by atoms with Gasteiger partial charge >= 0.3 is 0 Å². The summed E-state index contributed by atoms with van der Waals surface area (Å²) in [6.07, 6.45) is 5.37. The lowest BCUT2D eigenvalue weighted by atomic mass is 9.77. The molecule has 0 heterocycles. The maximum absolute atomic E-state index is 11.1. The van der Waals surface area contributed by atoms with Gasteiger partial charge in [0.05, 0.1) is 12.2 Å². The summed E-state index contributed by atoms with van der Waals surface area (Å²) in [5.74, 6) is 0. The molecule has 0 fully saturated rings. The molecule has 210 valence electrons. The average molecular weight is 553 g/mol. The van der Waals surface area contributed by atoms with E-state index in [1.54, 1.807) is 6.08 Å². The molecule has 0 aliphatic heterocycles. The highest BCUT2D eigenvalue weighted by molar-refractivity contribution is 6.48. The van der Waals surface area contributed by atoms with Gasteiger partial charge in [-0.25, -0.2) is 0 Å². The summed E-state index contributed by atoms with van der Waals surface area (Å²) in [7, 11) is -2.56. The highest BCUT2D eigenvalue weighted by Crippen LogP contribution is 2.45. The van der Waals surface area contributed by atoms with E-state index in [0.717, 1.165) is 36.7 Å². The van der Waals surface area contributed by atoms with Gasteiger partial charge in [0.15, 0.2) is 18.1 Å². The third-order valence-corrected chi connectivity index (χ3v) is 8.39. The number of carbonyl (C=O) groups excluding carboxylic acids is 1. The van der Waals surface area contributed by atoms with Crippen molar-refractivity contribution in [2.45, 2.75) is 106 Å². The predicted octanol–water partition coefficient (Wildman–Crippen LogP) is 8.64. The number of carbonyl (C=O) groups is 1. The van der Waals surface area contributed by atoms with Crippen molar-refractivity contribution in [1.82, 2.24) is 0 Å². The normalized spacial score (nSPS) is 14.7. The van der Waals surface area contributed by atoms with Crippen LogP contribution in [-0.2, 0) is 26.5 Å². The molecule has 3 nitrogen and oxygen atoms in total. The second kappa shape index (κ2) is 14.0. The Morgan fingerprint density at radius 3 is 1.79 bits per heavy atom. The molecule has 2 aromatic carbocycles. The van der Waals surface area contributed by atoms with Crippen LogP contribution in [0.3, 0.4) is 0 Å². The number of aldehydes is 1. The second-order valence-corrected chi connectivity index (χ2v) is 17.9. The van der Waals surface area contributed by atoms with Gasteiger partial charge < -0.3 is 8.85 Å². The quantitative estimate of drug-likeness (QED) is 0.150. The van der Waals surface area contributed by atoms with E-state index in [9.17, 15) is 4.79 Å². The minimum atomic E-state index is -1.29. The third kappa shape index (κ3) is 9.44. The van der Waals surface area contributed by atoms with E-state index < -0.39 is 18.1 Å². The molecule has 0 aromatic heterocycles. The Balaban J connectivity index is 2.53. The maximum atomic E-state index is 11.1. The van der Waals surface area contributed by atoms with Gasteiger partial charge in [0.25, 0.3) is 0 Å². The highest BCUT2D eigenvalue weighted by atomic mass is 28.3. The van der Waals surface area contributed by atoms with E-state index >= 15 is 0 Å². The monoisotopic (exact) mass is 552 g/mol. The van der Waals surface area contributed by atoms with Gasteiger partial charge in [0, 0.05) is 0 Å². The molecule has 0 bridgehead atoms. The van der Waals surface area contributed by atoms with Crippen LogP contribution in [-0.4, -0.2) is 24.4 Å². The molecule has 5 heteroatoms. The van der Waals surface area contributed by atoms with Gasteiger partial charge in [-0.2, -0.15) is 0 Å². The molecule has 0 saturated heterocycles. The van der Waals surface area contributed by atoms with Crippen LogP contribution >= 0.6 is 0 Å². The Morgan fingerprint density at radius 1 is 0.789 bits per heavy atom. The molecule has 0 N–H and O–H groups in total. The van der Waals surface area contributed by atoms with E-state index in [2.05, 4.69) is 117 Å². The Kier molecular flexibility index (Phi) is 12.0. The van der Waals surface area contributed by atoms with Crippen LogP contribution in [0.4, 0.5) is 0 Å². The smallest absolute Gasteiger partial charge is 0.171 e. The predicted molar refractivity (Wildman–Crippen MR) is 169 cm³/mol. The second-order valence-electron chi connectivity index (χ2n) is 13.2. The topological polar surface area (TPSA) is 35.5 Å². The zero-order chi connectivity index (χ0) is 28.7. The van der Waals surface area contributed by atoms with Crippen molar-refractivity contribution < 1.29 is 13.6 Å². The lowest BCUT2D eigenvalue weighted by Crippen LogP contribution is -2.31. The minimum Gasteiger partial charge on any atom is -0.413 e. The first kappa shape index (κ1) is 32.4. The summed E-state index contributed by atoms with van der Waals surface area (Å²) in [6.45, 7) is 24.9. The van der Waals surface area contributed by atoms with Gasteiger partial charge in [-0.1, -0.05) is 90.9 Å². The van der Waals surface area contributed by atoms with Crippen molar-refractivity contribution in [2.75, 3.05) is 0 Å². The van der Waals surface area contributed by atoms with E-state index in [0.29, 0.717) is 0 Å². The van der Waals surface area contributed by atoms with Crippen LogP contribution in [0, 0.1) is 10.8 Å². The molecule has 2 rings (SSSR count). The molecular formula is C33H52O3Si2. The van der Waals surface area contributed by atoms with Crippen molar-refractivity contribution in [1.29, 1.82) is 0 Å². The SMILES string of the molecule is CCC(=CC=O)c1cccc(CCc2ccc(C(O[SiH](C)C)C(C)(C)C)c(C(O[SiH](C)C)C(C)(C)C)c2)c1. The molecule has 2 atom stereocenters. The van der Waals surface area contributed by atoms with E-state index in [-0.39, 0.29) is 23.0 Å². The van der Waals surface area contributed by atoms with Crippen LogP contribution in [0.2, 0.25) is 26.2 Å². The number of hydrogen-bond acceptors (Lipinski definition) is 3. The molecule has 0 aliphatic rings. The molecule has 2 aromatic rings. The number of aryl methyl sites for hydroxylation is 2. The van der Waals surface area contributed by atoms with Crippen LogP contribution in [0.1, 0.15) is 94.9 Å². The fourth-order valence-corrected chi connectivity index (χ4v) is 7.19. The van der Waals surface area contributed by atoms with Crippen LogP contribution < -0.4 is 0 Å². The van der Waals surface area contributed by atoms with Crippen LogP contribution in [0.25, 0.3) is 5.57 Å². The Hall–Kier alpha value is -1.80. The Labute approximate surface area is 236 Å². The van der Waals surface area contributed by atoms with Crippen molar-refractivity contribution in [3.05, 3.63) is 76.4 Å². The molecule has 0 saturated carbocycles. The van der Waals surface area contributed by atoms with Crippen molar-refractivity contribution >= 4 is 29.9 Å². The summed E-state index contributed by atoms with van der Waals surface area (Å²) in [4.78, 5) is 11.1.